The van der Waals surface area contributed by atoms with Crippen LogP contribution < -0.4 is 4.74 Å². The fraction of sp³-hybridized carbons (Fsp3) is 0.316. The molecule has 136 valence electrons. The first-order valence-electron chi connectivity index (χ1n) is 8.66. The minimum atomic E-state index is -3.56. The van der Waals surface area contributed by atoms with Gasteiger partial charge in [-0.25, -0.2) is 8.42 Å². The average Bonchev–Trinajstić information content (AvgIpc) is 3.16. The van der Waals surface area contributed by atoms with Crippen LogP contribution in [0.5, 0.6) is 5.75 Å². The van der Waals surface area contributed by atoms with E-state index in [4.69, 9.17) is 4.74 Å². The highest BCUT2D eigenvalue weighted by molar-refractivity contribution is 7.89. The van der Waals surface area contributed by atoms with Crippen LogP contribution in [-0.4, -0.2) is 56.3 Å². The van der Waals surface area contributed by atoms with Gasteiger partial charge in [-0.15, -0.1) is 0 Å². The van der Waals surface area contributed by atoms with Crippen molar-refractivity contribution in [3.63, 3.8) is 0 Å². The van der Waals surface area contributed by atoms with Crippen LogP contribution >= 0.6 is 0 Å². The Morgan fingerprint density at radius 2 is 1.69 bits per heavy atom. The Bertz CT molecular complexity index is 920. The van der Waals surface area contributed by atoms with Crippen LogP contribution in [0.3, 0.4) is 0 Å². The lowest BCUT2D eigenvalue weighted by molar-refractivity contribution is 0.0698. The third kappa shape index (κ3) is 3.08. The Labute approximate surface area is 153 Å². The minimum Gasteiger partial charge on any atom is -0.493 e. The highest BCUT2D eigenvalue weighted by Gasteiger charge is 2.31. The number of fused-ring (bicyclic) bond motifs is 1. The summed E-state index contributed by atoms with van der Waals surface area (Å²) >= 11 is 0. The molecule has 0 aliphatic carbocycles. The highest BCUT2D eigenvalue weighted by atomic mass is 32.2. The number of sulfonamides is 1. The molecule has 1 fully saturated rings. The van der Waals surface area contributed by atoms with E-state index in [1.807, 2.05) is 18.2 Å². The molecule has 0 spiro atoms. The summed E-state index contributed by atoms with van der Waals surface area (Å²) in [6.07, 6.45) is 0.734. The van der Waals surface area contributed by atoms with E-state index < -0.39 is 10.0 Å². The van der Waals surface area contributed by atoms with Gasteiger partial charge in [0, 0.05) is 38.2 Å². The number of benzene rings is 2. The van der Waals surface area contributed by atoms with Crippen molar-refractivity contribution < 1.29 is 17.9 Å². The van der Waals surface area contributed by atoms with Gasteiger partial charge in [-0.2, -0.15) is 4.31 Å². The lowest BCUT2D eigenvalue weighted by Gasteiger charge is -2.34. The molecule has 6 nitrogen and oxygen atoms in total. The molecule has 2 aromatic carbocycles. The van der Waals surface area contributed by atoms with Crippen molar-refractivity contribution in [1.29, 1.82) is 0 Å². The van der Waals surface area contributed by atoms with Crippen molar-refractivity contribution >= 4 is 15.9 Å². The van der Waals surface area contributed by atoms with Crippen molar-refractivity contribution in [2.24, 2.45) is 0 Å². The zero-order valence-electron chi connectivity index (χ0n) is 14.3. The lowest BCUT2D eigenvalue weighted by Crippen LogP contribution is -2.50. The van der Waals surface area contributed by atoms with E-state index in [1.165, 1.54) is 4.31 Å². The van der Waals surface area contributed by atoms with Crippen molar-refractivity contribution in [2.45, 2.75) is 11.3 Å². The lowest BCUT2D eigenvalue weighted by atomic mass is 10.2. The number of carbonyl (C=O) groups excluding carboxylic acids is 1. The molecule has 2 aliphatic rings. The Balaban J connectivity index is 1.46. The van der Waals surface area contributed by atoms with Crippen molar-refractivity contribution in [1.82, 2.24) is 9.21 Å². The largest absolute Gasteiger partial charge is 0.493 e. The molecule has 1 amide bonds. The van der Waals surface area contributed by atoms with Crippen LogP contribution in [0.25, 0.3) is 0 Å². The molecule has 2 aliphatic heterocycles. The van der Waals surface area contributed by atoms with Crippen molar-refractivity contribution in [2.75, 3.05) is 32.8 Å². The summed E-state index contributed by atoms with van der Waals surface area (Å²) in [5, 5.41) is 0. The number of amides is 1. The maximum atomic E-state index is 12.9. The number of rotatable bonds is 3. The maximum Gasteiger partial charge on any atom is 0.253 e. The minimum absolute atomic E-state index is 0.0580. The summed E-state index contributed by atoms with van der Waals surface area (Å²) in [7, 11) is -3.56. The van der Waals surface area contributed by atoms with E-state index in [9.17, 15) is 13.2 Å². The Hall–Kier alpha value is -2.38. The first kappa shape index (κ1) is 17.1. The molecule has 0 saturated carbocycles. The predicted molar refractivity (Wildman–Crippen MR) is 96.7 cm³/mol. The Morgan fingerprint density at radius 3 is 2.42 bits per heavy atom. The first-order chi connectivity index (χ1) is 12.6. The number of ether oxygens (including phenoxy) is 1. The highest BCUT2D eigenvalue weighted by Crippen LogP contribution is 2.29. The van der Waals surface area contributed by atoms with Gasteiger partial charge in [0.25, 0.3) is 5.91 Å². The summed E-state index contributed by atoms with van der Waals surface area (Å²) in [4.78, 5) is 14.5. The smallest absolute Gasteiger partial charge is 0.253 e. The second-order valence-corrected chi connectivity index (χ2v) is 8.37. The fourth-order valence-electron chi connectivity index (χ4n) is 3.37. The Morgan fingerprint density at radius 1 is 0.962 bits per heavy atom. The van der Waals surface area contributed by atoms with Gasteiger partial charge in [0.15, 0.2) is 0 Å². The standard InChI is InChI=1S/C19H20N2O4S/c22-19(15-4-2-1-3-5-15)20-9-11-21(12-10-20)26(23,24)17-6-7-18-16(14-17)8-13-25-18/h1-7,14H,8-13H2. The fourth-order valence-corrected chi connectivity index (χ4v) is 4.84. The number of hydrogen-bond acceptors (Lipinski definition) is 4. The third-order valence-corrected chi connectivity index (χ3v) is 6.74. The summed E-state index contributed by atoms with van der Waals surface area (Å²) in [6, 6.07) is 14.1. The molecule has 4 rings (SSSR count). The van der Waals surface area contributed by atoms with Gasteiger partial charge in [0.2, 0.25) is 10.0 Å². The molecule has 26 heavy (non-hydrogen) atoms. The molecule has 0 radical (unpaired) electrons. The van der Waals surface area contributed by atoms with E-state index >= 15 is 0 Å². The van der Waals surface area contributed by atoms with Gasteiger partial charge >= 0.3 is 0 Å². The van der Waals surface area contributed by atoms with E-state index in [1.54, 1.807) is 35.2 Å². The van der Waals surface area contributed by atoms with Crippen LogP contribution in [0.1, 0.15) is 15.9 Å². The average molecular weight is 372 g/mol. The molecular formula is C19H20N2O4S. The van der Waals surface area contributed by atoms with Gasteiger partial charge in [-0.05, 0) is 35.9 Å². The summed E-state index contributed by atoms with van der Waals surface area (Å²) in [6.45, 7) is 1.98. The maximum absolute atomic E-state index is 12.9. The molecule has 0 unspecified atom stereocenters. The third-order valence-electron chi connectivity index (χ3n) is 4.85. The molecule has 0 aromatic heterocycles. The second kappa shape index (κ2) is 6.74. The predicted octanol–water partition coefficient (Wildman–Crippen LogP) is 1.77. The van der Waals surface area contributed by atoms with Crippen molar-refractivity contribution in [3.05, 3.63) is 59.7 Å². The van der Waals surface area contributed by atoms with E-state index in [0.29, 0.717) is 43.2 Å². The van der Waals surface area contributed by atoms with E-state index in [-0.39, 0.29) is 5.91 Å². The van der Waals surface area contributed by atoms with Crippen LogP contribution in [0, 0.1) is 0 Å². The normalized spacial score (nSPS) is 17.6. The Kier molecular flexibility index (Phi) is 4.42. The topological polar surface area (TPSA) is 66.9 Å². The first-order valence-corrected chi connectivity index (χ1v) is 10.1. The quantitative estimate of drug-likeness (QED) is 0.824. The van der Waals surface area contributed by atoms with E-state index in [2.05, 4.69) is 0 Å². The van der Waals surface area contributed by atoms with Crippen LogP contribution in [0.4, 0.5) is 0 Å². The van der Waals surface area contributed by atoms with Gasteiger partial charge in [0.05, 0.1) is 11.5 Å². The summed E-state index contributed by atoms with van der Waals surface area (Å²) < 4.78 is 32.7. The summed E-state index contributed by atoms with van der Waals surface area (Å²) in [5.74, 6) is 0.708. The molecule has 2 aromatic rings. The molecule has 1 saturated heterocycles. The number of carbonyl (C=O) groups is 1. The molecule has 2 heterocycles. The van der Waals surface area contributed by atoms with Gasteiger partial charge in [0.1, 0.15) is 5.75 Å². The SMILES string of the molecule is O=C(c1ccccc1)N1CCN(S(=O)(=O)c2ccc3c(c2)CCO3)CC1. The summed E-state index contributed by atoms with van der Waals surface area (Å²) in [5.41, 5.74) is 1.56. The number of nitrogens with zero attached hydrogens (tertiary/aromatic N) is 2. The second-order valence-electron chi connectivity index (χ2n) is 6.43. The van der Waals surface area contributed by atoms with Gasteiger partial charge in [-0.1, -0.05) is 18.2 Å². The molecular weight excluding hydrogens is 352 g/mol. The van der Waals surface area contributed by atoms with Crippen LogP contribution in [0.2, 0.25) is 0 Å². The zero-order valence-corrected chi connectivity index (χ0v) is 15.1. The monoisotopic (exact) mass is 372 g/mol. The number of hydrogen-bond donors (Lipinski definition) is 0. The van der Waals surface area contributed by atoms with Crippen molar-refractivity contribution in [3.8, 4) is 5.75 Å². The molecule has 7 heteroatoms. The van der Waals surface area contributed by atoms with Crippen LogP contribution in [0.15, 0.2) is 53.4 Å². The van der Waals surface area contributed by atoms with Gasteiger partial charge in [-0.3, -0.25) is 4.79 Å². The zero-order chi connectivity index (χ0) is 18.1. The molecule has 0 N–H and O–H groups in total. The number of piperazine rings is 1. The molecule has 0 atom stereocenters. The van der Waals surface area contributed by atoms with Crippen LogP contribution in [-0.2, 0) is 16.4 Å². The van der Waals surface area contributed by atoms with E-state index in [0.717, 1.165) is 17.7 Å². The van der Waals surface area contributed by atoms with Gasteiger partial charge < -0.3 is 9.64 Å². The molecule has 0 bridgehead atoms.